The van der Waals surface area contributed by atoms with Crippen LogP contribution in [0.15, 0.2) is 24.4 Å². The molecule has 8 heteroatoms. The van der Waals surface area contributed by atoms with Crippen LogP contribution in [0.2, 0.25) is 0 Å². The minimum absolute atomic E-state index is 0.0948. The number of hydrogen-bond donors (Lipinski definition) is 1. The second-order valence-corrected chi connectivity index (χ2v) is 6.13. The molecule has 3 aromatic rings. The van der Waals surface area contributed by atoms with Crippen LogP contribution in [0, 0.1) is 6.92 Å². The van der Waals surface area contributed by atoms with Crippen molar-refractivity contribution in [3.05, 3.63) is 47.4 Å². The van der Waals surface area contributed by atoms with Gasteiger partial charge in [0.2, 0.25) is 0 Å². The summed E-state index contributed by atoms with van der Waals surface area (Å²) in [7, 11) is 0. The maximum Gasteiger partial charge on any atom is 0.274 e. The molecule has 25 heavy (non-hydrogen) atoms. The number of ether oxygens (including phenoxy) is 1. The average molecular weight is 340 g/mol. The Balaban J connectivity index is 1.55. The molecule has 1 aliphatic rings. The highest BCUT2D eigenvalue weighted by atomic mass is 16.5. The van der Waals surface area contributed by atoms with Crippen molar-refractivity contribution in [2.75, 3.05) is 19.7 Å². The molecule has 1 aliphatic heterocycles. The van der Waals surface area contributed by atoms with Gasteiger partial charge in [0, 0.05) is 24.9 Å². The van der Waals surface area contributed by atoms with Crippen LogP contribution in [0.4, 0.5) is 0 Å². The highest BCUT2D eigenvalue weighted by Crippen LogP contribution is 2.21. The van der Waals surface area contributed by atoms with E-state index in [1.165, 1.54) is 0 Å². The number of rotatable bonds is 3. The van der Waals surface area contributed by atoms with Crippen molar-refractivity contribution in [1.82, 2.24) is 29.5 Å². The zero-order valence-corrected chi connectivity index (χ0v) is 14.3. The highest BCUT2D eigenvalue weighted by molar-refractivity contribution is 5.93. The van der Waals surface area contributed by atoms with Crippen LogP contribution in [0.3, 0.4) is 0 Å². The molecule has 0 bridgehead atoms. The van der Waals surface area contributed by atoms with Gasteiger partial charge in [-0.3, -0.25) is 9.89 Å². The van der Waals surface area contributed by atoms with Gasteiger partial charge in [-0.15, -0.1) is 0 Å². The molecule has 3 aromatic heterocycles. The average Bonchev–Trinajstić information content (AvgIpc) is 3.29. The molecular formula is C17H20N6O2. The van der Waals surface area contributed by atoms with E-state index in [2.05, 4.69) is 20.2 Å². The molecule has 0 aromatic carbocycles. The maximum atomic E-state index is 12.9. The lowest BCUT2D eigenvalue weighted by atomic mass is 10.2. The summed E-state index contributed by atoms with van der Waals surface area (Å²) in [5, 5.41) is 7.10. The van der Waals surface area contributed by atoms with Gasteiger partial charge in [0.25, 0.3) is 5.91 Å². The number of amides is 1. The number of carbonyl (C=O) groups is 1. The van der Waals surface area contributed by atoms with Crippen LogP contribution in [0.25, 0.3) is 5.65 Å². The van der Waals surface area contributed by atoms with Gasteiger partial charge in [-0.2, -0.15) is 5.10 Å². The number of nitrogens with zero attached hydrogens (tertiary/aromatic N) is 5. The molecule has 1 saturated heterocycles. The first kappa shape index (κ1) is 15.8. The fourth-order valence-corrected chi connectivity index (χ4v) is 3.02. The van der Waals surface area contributed by atoms with E-state index in [1.807, 2.05) is 36.4 Å². The molecule has 4 heterocycles. The number of imidazole rings is 1. The van der Waals surface area contributed by atoms with Crippen molar-refractivity contribution >= 4 is 11.6 Å². The maximum absolute atomic E-state index is 12.9. The van der Waals surface area contributed by atoms with Gasteiger partial charge in [0.05, 0.1) is 13.2 Å². The van der Waals surface area contributed by atoms with E-state index in [9.17, 15) is 4.79 Å². The lowest BCUT2D eigenvalue weighted by Gasteiger charge is -2.31. The number of carbonyl (C=O) groups excluding carboxylic acids is 1. The van der Waals surface area contributed by atoms with Crippen molar-refractivity contribution < 1.29 is 9.53 Å². The summed E-state index contributed by atoms with van der Waals surface area (Å²) in [6.07, 6.45) is 2.26. The SMILES string of the molecule is CCc1nc([C@@H]2CN(C(=O)c3cn4c(C)cccc4n3)CCO2)n[nH]1. The first-order chi connectivity index (χ1) is 12.2. The van der Waals surface area contributed by atoms with Crippen molar-refractivity contribution in [3.8, 4) is 0 Å². The smallest absolute Gasteiger partial charge is 0.274 e. The number of aryl methyl sites for hydroxylation is 2. The topological polar surface area (TPSA) is 88.4 Å². The van der Waals surface area contributed by atoms with E-state index < -0.39 is 0 Å². The standard InChI is InChI=1S/C17H20N6O2/c1-3-14-19-16(21-20-14)13-10-22(7-8-25-13)17(24)12-9-23-11(2)5-4-6-15(23)18-12/h4-6,9,13H,3,7-8,10H2,1-2H3,(H,19,20,21)/t13-/m0/s1. The lowest BCUT2D eigenvalue weighted by molar-refractivity contribution is -0.0268. The molecule has 0 aliphatic carbocycles. The summed E-state index contributed by atoms with van der Waals surface area (Å²) >= 11 is 0. The van der Waals surface area contributed by atoms with Crippen molar-refractivity contribution in [2.45, 2.75) is 26.4 Å². The third-order valence-electron chi connectivity index (χ3n) is 4.44. The molecule has 0 saturated carbocycles. The van der Waals surface area contributed by atoms with Crippen molar-refractivity contribution in [3.63, 3.8) is 0 Å². The number of fused-ring (bicyclic) bond motifs is 1. The fourth-order valence-electron chi connectivity index (χ4n) is 3.02. The van der Waals surface area contributed by atoms with E-state index in [4.69, 9.17) is 4.74 Å². The molecule has 1 fully saturated rings. The molecule has 1 amide bonds. The van der Waals surface area contributed by atoms with Gasteiger partial charge in [-0.25, -0.2) is 9.97 Å². The first-order valence-corrected chi connectivity index (χ1v) is 8.42. The molecule has 8 nitrogen and oxygen atoms in total. The summed E-state index contributed by atoms with van der Waals surface area (Å²) in [5.74, 6) is 1.32. The van der Waals surface area contributed by atoms with E-state index in [-0.39, 0.29) is 12.0 Å². The van der Waals surface area contributed by atoms with Gasteiger partial charge in [-0.05, 0) is 19.1 Å². The summed E-state index contributed by atoms with van der Waals surface area (Å²) in [6.45, 7) is 5.41. The van der Waals surface area contributed by atoms with Crippen LogP contribution in [0.5, 0.6) is 0 Å². The van der Waals surface area contributed by atoms with E-state index >= 15 is 0 Å². The second kappa shape index (κ2) is 6.29. The third kappa shape index (κ3) is 2.89. The van der Waals surface area contributed by atoms with Crippen LogP contribution in [0.1, 0.15) is 40.9 Å². The zero-order chi connectivity index (χ0) is 17.4. The normalized spacial score (nSPS) is 18.0. The van der Waals surface area contributed by atoms with E-state index in [1.54, 1.807) is 11.1 Å². The van der Waals surface area contributed by atoms with Gasteiger partial charge >= 0.3 is 0 Å². The molecule has 130 valence electrons. The highest BCUT2D eigenvalue weighted by Gasteiger charge is 2.29. The molecule has 1 atom stereocenters. The summed E-state index contributed by atoms with van der Waals surface area (Å²) in [5.41, 5.74) is 2.26. The molecule has 0 spiro atoms. The summed E-state index contributed by atoms with van der Waals surface area (Å²) in [6, 6.07) is 5.82. The first-order valence-electron chi connectivity index (χ1n) is 8.42. The minimum atomic E-state index is -0.312. The second-order valence-electron chi connectivity index (χ2n) is 6.13. The fraction of sp³-hybridized carbons (Fsp3) is 0.412. The number of H-pyrrole nitrogens is 1. The molecule has 0 radical (unpaired) electrons. The number of aromatic amines is 1. The Labute approximate surface area is 144 Å². The molecule has 4 rings (SSSR count). The minimum Gasteiger partial charge on any atom is -0.366 e. The predicted octanol–water partition coefficient (Wildman–Crippen LogP) is 1.54. The predicted molar refractivity (Wildman–Crippen MR) is 90.3 cm³/mol. The number of pyridine rings is 1. The summed E-state index contributed by atoms with van der Waals surface area (Å²) < 4.78 is 7.68. The van der Waals surface area contributed by atoms with E-state index in [0.29, 0.717) is 31.2 Å². The number of hydrogen-bond acceptors (Lipinski definition) is 5. The zero-order valence-electron chi connectivity index (χ0n) is 14.3. The molecular weight excluding hydrogens is 320 g/mol. The Morgan fingerprint density at radius 3 is 3.04 bits per heavy atom. The molecule has 1 N–H and O–H groups in total. The Bertz CT molecular complexity index is 915. The Morgan fingerprint density at radius 1 is 1.40 bits per heavy atom. The molecule has 0 unspecified atom stereocenters. The van der Waals surface area contributed by atoms with E-state index in [0.717, 1.165) is 23.6 Å². The number of morpholine rings is 1. The monoisotopic (exact) mass is 340 g/mol. The Kier molecular flexibility index (Phi) is 3.96. The van der Waals surface area contributed by atoms with Crippen LogP contribution >= 0.6 is 0 Å². The van der Waals surface area contributed by atoms with Gasteiger partial charge in [0.1, 0.15) is 23.3 Å². The van der Waals surface area contributed by atoms with Gasteiger partial charge < -0.3 is 14.0 Å². The Hall–Kier alpha value is -2.74. The van der Waals surface area contributed by atoms with Gasteiger partial charge in [0.15, 0.2) is 5.82 Å². The van der Waals surface area contributed by atoms with Crippen LogP contribution < -0.4 is 0 Å². The quantitative estimate of drug-likeness (QED) is 0.781. The van der Waals surface area contributed by atoms with Crippen molar-refractivity contribution in [1.29, 1.82) is 0 Å². The Morgan fingerprint density at radius 2 is 2.28 bits per heavy atom. The number of aromatic nitrogens is 5. The number of nitrogens with one attached hydrogen (secondary N) is 1. The van der Waals surface area contributed by atoms with Crippen molar-refractivity contribution in [2.24, 2.45) is 0 Å². The van der Waals surface area contributed by atoms with Crippen LogP contribution in [-0.4, -0.2) is 55.1 Å². The third-order valence-corrected chi connectivity index (χ3v) is 4.44. The lowest BCUT2D eigenvalue weighted by Crippen LogP contribution is -2.42. The largest absolute Gasteiger partial charge is 0.366 e. The van der Waals surface area contributed by atoms with Gasteiger partial charge in [-0.1, -0.05) is 13.0 Å². The van der Waals surface area contributed by atoms with Crippen LogP contribution in [-0.2, 0) is 11.2 Å². The summed E-state index contributed by atoms with van der Waals surface area (Å²) in [4.78, 5) is 23.5.